The molecule has 4 nitrogen and oxygen atoms in total. The lowest BCUT2D eigenvalue weighted by molar-refractivity contribution is 0.0502. The Kier molecular flexibility index (Phi) is 6.69. The molecule has 1 aromatic rings. The summed E-state index contributed by atoms with van der Waals surface area (Å²) in [5.41, 5.74) is 2.04. The average molecular weight is 292 g/mol. The Morgan fingerprint density at radius 1 is 1.24 bits per heavy atom. The van der Waals surface area contributed by atoms with E-state index >= 15 is 0 Å². The lowest BCUT2D eigenvalue weighted by atomic mass is 10.1. The second kappa shape index (κ2) is 8.03. The normalized spacial score (nSPS) is 12.8. The Morgan fingerprint density at radius 2 is 1.86 bits per heavy atom. The molecule has 0 fully saturated rings. The van der Waals surface area contributed by atoms with Gasteiger partial charge in [-0.25, -0.2) is 4.79 Å². The molecule has 118 valence electrons. The molecule has 0 saturated heterocycles. The number of alkyl carbamates (subject to hydrolysis) is 1. The maximum atomic E-state index is 11.7. The van der Waals surface area contributed by atoms with Crippen LogP contribution in [-0.4, -0.2) is 24.3 Å². The molecule has 0 radical (unpaired) electrons. The third-order valence-corrected chi connectivity index (χ3v) is 3.05. The highest BCUT2D eigenvalue weighted by Gasteiger charge is 2.18. The van der Waals surface area contributed by atoms with Crippen molar-refractivity contribution in [2.75, 3.05) is 6.54 Å². The molecule has 1 rings (SSSR count). The number of ether oxygens (including phenoxy) is 1. The van der Waals surface area contributed by atoms with Gasteiger partial charge >= 0.3 is 6.09 Å². The third kappa shape index (κ3) is 7.71. The Bertz CT molecular complexity index is 435. The summed E-state index contributed by atoms with van der Waals surface area (Å²) in [4.78, 5) is 11.7. The van der Waals surface area contributed by atoms with E-state index in [2.05, 4.69) is 48.7 Å². The molecule has 0 aliphatic rings. The fourth-order valence-corrected chi connectivity index (χ4v) is 1.87. The van der Waals surface area contributed by atoms with E-state index < -0.39 is 5.60 Å². The summed E-state index contributed by atoms with van der Waals surface area (Å²) < 4.78 is 5.27. The summed E-state index contributed by atoms with van der Waals surface area (Å²) in [6.45, 7) is 11.2. The molecule has 0 aliphatic carbocycles. The highest BCUT2D eigenvalue weighted by atomic mass is 16.6. The summed E-state index contributed by atoms with van der Waals surface area (Å²) in [7, 11) is 0. The van der Waals surface area contributed by atoms with Crippen molar-refractivity contribution in [3.63, 3.8) is 0 Å². The molecule has 0 heterocycles. The Morgan fingerprint density at radius 3 is 2.38 bits per heavy atom. The molecule has 4 heteroatoms. The number of hydrogen-bond acceptors (Lipinski definition) is 3. The topological polar surface area (TPSA) is 50.4 Å². The van der Waals surface area contributed by atoms with Gasteiger partial charge in [-0.3, -0.25) is 0 Å². The van der Waals surface area contributed by atoms with E-state index in [9.17, 15) is 4.79 Å². The van der Waals surface area contributed by atoms with Gasteiger partial charge in [0.25, 0.3) is 0 Å². The van der Waals surface area contributed by atoms with Gasteiger partial charge in [-0.1, -0.05) is 36.8 Å². The summed E-state index contributed by atoms with van der Waals surface area (Å²) in [6.07, 6.45) is 0.506. The second-order valence-corrected chi connectivity index (χ2v) is 6.37. The van der Waals surface area contributed by atoms with Crippen LogP contribution in [0.3, 0.4) is 0 Å². The summed E-state index contributed by atoms with van der Waals surface area (Å²) >= 11 is 0. The first-order valence-electron chi connectivity index (χ1n) is 7.56. The van der Waals surface area contributed by atoms with Crippen LogP contribution in [0.15, 0.2) is 24.3 Å². The minimum Gasteiger partial charge on any atom is -0.444 e. The predicted molar refractivity (Wildman–Crippen MR) is 86.3 cm³/mol. The van der Waals surface area contributed by atoms with Gasteiger partial charge in [-0.05, 0) is 39.7 Å². The zero-order valence-corrected chi connectivity index (χ0v) is 13.8. The monoisotopic (exact) mass is 292 g/mol. The van der Waals surface area contributed by atoms with Gasteiger partial charge in [0.05, 0.1) is 0 Å². The molecule has 0 spiro atoms. The lowest BCUT2D eigenvalue weighted by Gasteiger charge is -2.23. The van der Waals surface area contributed by atoms with Crippen molar-refractivity contribution in [3.05, 3.63) is 35.4 Å². The van der Waals surface area contributed by atoms with Crippen molar-refractivity contribution >= 4 is 6.09 Å². The van der Waals surface area contributed by atoms with Crippen molar-refractivity contribution in [3.8, 4) is 0 Å². The van der Waals surface area contributed by atoms with Crippen LogP contribution in [0, 0.1) is 6.92 Å². The molecular formula is C17H28N2O2. The van der Waals surface area contributed by atoms with Crippen molar-refractivity contribution in [2.24, 2.45) is 0 Å². The number of rotatable bonds is 6. The first kappa shape index (κ1) is 17.5. The van der Waals surface area contributed by atoms with E-state index in [1.165, 1.54) is 11.1 Å². The number of amides is 1. The molecule has 0 aromatic heterocycles. The zero-order valence-electron chi connectivity index (χ0n) is 13.8. The smallest absolute Gasteiger partial charge is 0.407 e. The Labute approximate surface area is 128 Å². The zero-order chi connectivity index (χ0) is 15.9. The van der Waals surface area contributed by atoms with E-state index in [4.69, 9.17) is 4.74 Å². The van der Waals surface area contributed by atoms with Gasteiger partial charge < -0.3 is 15.4 Å². The highest BCUT2D eigenvalue weighted by molar-refractivity contribution is 5.68. The molecule has 1 amide bonds. The molecular weight excluding hydrogens is 264 g/mol. The SMILES string of the molecule is CCC(CNCc1ccc(C)cc1)NC(=O)OC(C)(C)C. The molecule has 0 aliphatic heterocycles. The van der Waals surface area contributed by atoms with E-state index in [0.717, 1.165) is 19.5 Å². The van der Waals surface area contributed by atoms with Crippen molar-refractivity contribution in [2.45, 2.75) is 59.2 Å². The number of carbonyl (C=O) groups excluding carboxylic acids is 1. The summed E-state index contributed by atoms with van der Waals surface area (Å²) in [6, 6.07) is 8.51. The average Bonchev–Trinajstić information content (AvgIpc) is 2.37. The number of benzene rings is 1. The van der Waals surface area contributed by atoms with Crippen LogP contribution >= 0.6 is 0 Å². The number of aryl methyl sites for hydroxylation is 1. The standard InChI is InChI=1S/C17H28N2O2/c1-6-15(19-16(20)21-17(3,4)5)12-18-11-14-9-7-13(2)8-10-14/h7-10,15,18H,6,11-12H2,1-5H3,(H,19,20). The maximum Gasteiger partial charge on any atom is 0.407 e. The van der Waals surface area contributed by atoms with E-state index in [0.29, 0.717) is 0 Å². The van der Waals surface area contributed by atoms with Crippen LogP contribution in [-0.2, 0) is 11.3 Å². The largest absolute Gasteiger partial charge is 0.444 e. The van der Waals surface area contributed by atoms with Crippen LogP contribution < -0.4 is 10.6 Å². The highest BCUT2D eigenvalue weighted by Crippen LogP contribution is 2.07. The van der Waals surface area contributed by atoms with Crippen LogP contribution in [0.25, 0.3) is 0 Å². The van der Waals surface area contributed by atoms with Gasteiger partial charge in [-0.15, -0.1) is 0 Å². The van der Waals surface area contributed by atoms with Crippen molar-refractivity contribution in [1.82, 2.24) is 10.6 Å². The maximum absolute atomic E-state index is 11.7. The number of nitrogens with one attached hydrogen (secondary N) is 2. The predicted octanol–water partition coefficient (Wildman–Crippen LogP) is 3.39. The lowest BCUT2D eigenvalue weighted by Crippen LogP contribution is -2.43. The molecule has 0 saturated carbocycles. The fourth-order valence-electron chi connectivity index (χ4n) is 1.87. The van der Waals surface area contributed by atoms with Crippen LogP contribution in [0.1, 0.15) is 45.2 Å². The van der Waals surface area contributed by atoms with E-state index in [-0.39, 0.29) is 12.1 Å². The van der Waals surface area contributed by atoms with Gasteiger partial charge in [0.15, 0.2) is 0 Å². The van der Waals surface area contributed by atoms with E-state index in [1.54, 1.807) is 0 Å². The molecule has 1 atom stereocenters. The number of hydrogen-bond donors (Lipinski definition) is 2. The third-order valence-electron chi connectivity index (χ3n) is 3.05. The van der Waals surface area contributed by atoms with Gasteiger partial charge in [0, 0.05) is 19.1 Å². The summed E-state index contributed by atoms with van der Waals surface area (Å²) in [5, 5.41) is 6.27. The molecule has 1 aromatic carbocycles. The minimum atomic E-state index is -0.461. The summed E-state index contributed by atoms with van der Waals surface area (Å²) in [5.74, 6) is 0. The van der Waals surface area contributed by atoms with Gasteiger partial charge in [-0.2, -0.15) is 0 Å². The Balaban J connectivity index is 2.34. The molecule has 0 bridgehead atoms. The second-order valence-electron chi connectivity index (χ2n) is 6.37. The minimum absolute atomic E-state index is 0.0744. The molecule has 21 heavy (non-hydrogen) atoms. The first-order valence-corrected chi connectivity index (χ1v) is 7.56. The molecule has 2 N–H and O–H groups in total. The number of carbonyl (C=O) groups is 1. The quantitative estimate of drug-likeness (QED) is 0.845. The van der Waals surface area contributed by atoms with Crippen LogP contribution in [0.2, 0.25) is 0 Å². The Hall–Kier alpha value is -1.55. The van der Waals surface area contributed by atoms with E-state index in [1.807, 2.05) is 20.8 Å². The van der Waals surface area contributed by atoms with Crippen molar-refractivity contribution < 1.29 is 9.53 Å². The van der Waals surface area contributed by atoms with Crippen molar-refractivity contribution in [1.29, 1.82) is 0 Å². The van der Waals surface area contributed by atoms with Gasteiger partial charge in [0.2, 0.25) is 0 Å². The van der Waals surface area contributed by atoms with Crippen LogP contribution in [0.4, 0.5) is 4.79 Å². The first-order chi connectivity index (χ1) is 9.80. The molecule has 1 unspecified atom stereocenters. The fraction of sp³-hybridized carbons (Fsp3) is 0.588. The van der Waals surface area contributed by atoms with Gasteiger partial charge in [0.1, 0.15) is 5.60 Å². The van der Waals surface area contributed by atoms with Crippen LogP contribution in [0.5, 0.6) is 0 Å².